The molecule has 0 radical (unpaired) electrons. The Hall–Kier alpha value is -0.610. The summed E-state index contributed by atoms with van der Waals surface area (Å²) in [6, 6.07) is 0. The molecule has 88 valence electrons. The van der Waals surface area contributed by atoms with Crippen molar-refractivity contribution in [1.82, 2.24) is 9.80 Å². The largest absolute Gasteiger partial charge is 0.381 e. The van der Waals surface area contributed by atoms with Gasteiger partial charge in [0.15, 0.2) is 0 Å². The van der Waals surface area contributed by atoms with Gasteiger partial charge in [-0.1, -0.05) is 6.92 Å². The van der Waals surface area contributed by atoms with E-state index in [-0.39, 0.29) is 5.91 Å². The summed E-state index contributed by atoms with van der Waals surface area (Å²) in [6.07, 6.45) is 1.15. The minimum atomic E-state index is -1.23. The lowest BCUT2D eigenvalue weighted by atomic mass is 10.1. The molecule has 1 saturated heterocycles. The molecule has 0 aromatic rings. The highest BCUT2D eigenvalue weighted by Crippen LogP contribution is 2.10. The van der Waals surface area contributed by atoms with Gasteiger partial charge in [0, 0.05) is 26.2 Å². The normalized spacial score (nSPS) is 19.3. The van der Waals surface area contributed by atoms with Gasteiger partial charge in [0.05, 0.1) is 0 Å². The molecule has 15 heavy (non-hydrogen) atoms. The van der Waals surface area contributed by atoms with E-state index in [1.807, 2.05) is 0 Å². The van der Waals surface area contributed by atoms with Crippen LogP contribution in [-0.4, -0.2) is 59.1 Å². The van der Waals surface area contributed by atoms with Crippen LogP contribution in [0.1, 0.15) is 27.2 Å². The maximum Gasteiger partial charge on any atom is 0.254 e. The third-order valence-corrected chi connectivity index (χ3v) is 2.72. The molecule has 0 aromatic heterocycles. The molecule has 1 fully saturated rings. The van der Waals surface area contributed by atoms with Crippen molar-refractivity contribution >= 4 is 5.91 Å². The Balaban J connectivity index is 2.41. The summed E-state index contributed by atoms with van der Waals surface area (Å²) in [4.78, 5) is 15.9. The van der Waals surface area contributed by atoms with E-state index in [2.05, 4.69) is 11.8 Å². The van der Waals surface area contributed by atoms with Crippen LogP contribution >= 0.6 is 0 Å². The molecule has 0 aromatic carbocycles. The topological polar surface area (TPSA) is 43.8 Å². The van der Waals surface area contributed by atoms with E-state index in [0.29, 0.717) is 0 Å². The first-order valence-corrected chi connectivity index (χ1v) is 5.69. The minimum Gasteiger partial charge on any atom is -0.381 e. The van der Waals surface area contributed by atoms with Crippen LogP contribution < -0.4 is 0 Å². The second-order valence-electron chi connectivity index (χ2n) is 4.69. The Labute approximate surface area is 91.9 Å². The predicted molar refractivity (Wildman–Crippen MR) is 59.6 cm³/mol. The zero-order valence-corrected chi connectivity index (χ0v) is 9.99. The molecule has 1 rings (SSSR count). The van der Waals surface area contributed by atoms with Gasteiger partial charge in [-0.05, 0) is 26.8 Å². The van der Waals surface area contributed by atoms with E-state index in [4.69, 9.17) is 0 Å². The Morgan fingerprint density at radius 1 is 1.27 bits per heavy atom. The van der Waals surface area contributed by atoms with E-state index >= 15 is 0 Å². The molecule has 0 unspecified atom stereocenters. The lowest BCUT2D eigenvalue weighted by molar-refractivity contribution is -0.149. The van der Waals surface area contributed by atoms with Crippen molar-refractivity contribution in [3.63, 3.8) is 0 Å². The summed E-state index contributed by atoms with van der Waals surface area (Å²) in [5, 5.41) is 9.60. The van der Waals surface area contributed by atoms with Crippen molar-refractivity contribution in [2.75, 3.05) is 32.7 Å². The zero-order chi connectivity index (χ0) is 11.5. The van der Waals surface area contributed by atoms with Crippen LogP contribution in [-0.2, 0) is 4.79 Å². The van der Waals surface area contributed by atoms with E-state index in [1.54, 1.807) is 18.7 Å². The molecule has 4 heteroatoms. The lowest BCUT2D eigenvalue weighted by Gasteiger charge is -2.37. The number of aliphatic hydroxyl groups is 1. The fourth-order valence-electron chi connectivity index (χ4n) is 1.88. The van der Waals surface area contributed by atoms with Gasteiger partial charge in [0.25, 0.3) is 5.91 Å². The molecular weight excluding hydrogens is 192 g/mol. The van der Waals surface area contributed by atoms with Crippen LogP contribution in [0.5, 0.6) is 0 Å². The van der Waals surface area contributed by atoms with Gasteiger partial charge in [-0.2, -0.15) is 0 Å². The van der Waals surface area contributed by atoms with Gasteiger partial charge in [0.2, 0.25) is 0 Å². The summed E-state index contributed by atoms with van der Waals surface area (Å²) < 4.78 is 0. The van der Waals surface area contributed by atoms with Crippen LogP contribution in [0.2, 0.25) is 0 Å². The van der Waals surface area contributed by atoms with Crippen LogP contribution in [0, 0.1) is 0 Å². The van der Waals surface area contributed by atoms with Crippen LogP contribution in [0.15, 0.2) is 0 Å². The first-order chi connectivity index (χ1) is 6.95. The van der Waals surface area contributed by atoms with Crippen LogP contribution in [0.3, 0.4) is 0 Å². The van der Waals surface area contributed by atoms with E-state index in [9.17, 15) is 9.90 Å². The molecular formula is C11H22N2O2. The van der Waals surface area contributed by atoms with Crippen molar-refractivity contribution in [3.8, 4) is 0 Å². The SMILES string of the molecule is CCCN1CCN(C(=O)C(C)(C)O)CC1. The van der Waals surface area contributed by atoms with Crippen molar-refractivity contribution in [3.05, 3.63) is 0 Å². The summed E-state index contributed by atoms with van der Waals surface area (Å²) in [7, 11) is 0. The lowest BCUT2D eigenvalue weighted by Crippen LogP contribution is -2.54. The Kier molecular flexibility index (Phi) is 4.11. The van der Waals surface area contributed by atoms with Crippen molar-refractivity contribution in [2.45, 2.75) is 32.8 Å². The number of carbonyl (C=O) groups is 1. The second-order valence-corrected chi connectivity index (χ2v) is 4.69. The fourth-order valence-corrected chi connectivity index (χ4v) is 1.88. The Morgan fingerprint density at radius 2 is 1.80 bits per heavy atom. The van der Waals surface area contributed by atoms with Gasteiger partial charge < -0.3 is 10.0 Å². The third kappa shape index (κ3) is 3.47. The summed E-state index contributed by atoms with van der Waals surface area (Å²) in [5.41, 5.74) is -1.23. The smallest absolute Gasteiger partial charge is 0.254 e. The Bertz CT molecular complexity index is 215. The number of hydrogen-bond acceptors (Lipinski definition) is 3. The van der Waals surface area contributed by atoms with Crippen molar-refractivity contribution < 1.29 is 9.90 Å². The van der Waals surface area contributed by atoms with Gasteiger partial charge in [0.1, 0.15) is 5.60 Å². The average Bonchev–Trinajstić information content (AvgIpc) is 2.17. The molecule has 1 amide bonds. The highest BCUT2D eigenvalue weighted by Gasteiger charge is 2.31. The number of piperazine rings is 1. The molecule has 1 aliphatic heterocycles. The highest BCUT2D eigenvalue weighted by molar-refractivity contribution is 5.84. The molecule has 0 saturated carbocycles. The molecule has 0 aliphatic carbocycles. The molecule has 1 aliphatic rings. The van der Waals surface area contributed by atoms with Crippen molar-refractivity contribution in [1.29, 1.82) is 0 Å². The van der Waals surface area contributed by atoms with E-state index in [1.165, 1.54) is 0 Å². The number of hydrogen-bond donors (Lipinski definition) is 1. The Morgan fingerprint density at radius 3 is 2.20 bits per heavy atom. The molecule has 0 atom stereocenters. The third-order valence-electron chi connectivity index (χ3n) is 2.72. The minimum absolute atomic E-state index is 0.154. The molecule has 1 heterocycles. The number of nitrogens with zero attached hydrogens (tertiary/aromatic N) is 2. The van der Waals surface area contributed by atoms with Gasteiger partial charge >= 0.3 is 0 Å². The summed E-state index contributed by atoms with van der Waals surface area (Å²) >= 11 is 0. The zero-order valence-electron chi connectivity index (χ0n) is 9.99. The van der Waals surface area contributed by atoms with Gasteiger partial charge in [-0.15, -0.1) is 0 Å². The predicted octanol–water partition coefficient (Wildman–Crippen LogP) is 0.311. The van der Waals surface area contributed by atoms with Gasteiger partial charge in [-0.3, -0.25) is 9.69 Å². The first-order valence-electron chi connectivity index (χ1n) is 5.69. The fraction of sp³-hybridized carbons (Fsp3) is 0.909. The van der Waals surface area contributed by atoms with E-state index in [0.717, 1.165) is 39.1 Å². The maximum atomic E-state index is 11.7. The number of rotatable bonds is 3. The molecule has 0 spiro atoms. The quantitative estimate of drug-likeness (QED) is 0.735. The number of carbonyl (C=O) groups excluding carboxylic acids is 1. The maximum absolute atomic E-state index is 11.7. The van der Waals surface area contributed by atoms with Crippen LogP contribution in [0.25, 0.3) is 0 Å². The van der Waals surface area contributed by atoms with Crippen molar-refractivity contribution in [2.24, 2.45) is 0 Å². The summed E-state index contributed by atoms with van der Waals surface area (Å²) in [6.45, 7) is 9.69. The van der Waals surface area contributed by atoms with E-state index < -0.39 is 5.60 Å². The standard InChI is InChI=1S/C11H22N2O2/c1-4-5-12-6-8-13(9-7-12)10(14)11(2,3)15/h15H,4-9H2,1-3H3. The molecule has 1 N–H and O–H groups in total. The second kappa shape index (κ2) is 4.94. The monoisotopic (exact) mass is 214 g/mol. The molecule has 4 nitrogen and oxygen atoms in total. The molecule has 0 bridgehead atoms. The van der Waals surface area contributed by atoms with Crippen LogP contribution in [0.4, 0.5) is 0 Å². The highest BCUT2D eigenvalue weighted by atomic mass is 16.3. The average molecular weight is 214 g/mol. The first kappa shape index (κ1) is 12.5. The number of amides is 1. The summed E-state index contributed by atoms with van der Waals surface area (Å²) in [5.74, 6) is -0.154. The van der Waals surface area contributed by atoms with Gasteiger partial charge in [-0.25, -0.2) is 0 Å².